The maximum Gasteiger partial charge on any atom is 0.166 e. The van der Waals surface area contributed by atoms with Gasteiger partial charge in [0.25, 0.3) is 0 Å². The van der Waals surface area contributed by atoms with Crippen molar-refractivity contribution in [3.63, 3.8) is 0 Å². The molecule has 3 heteroatoms. The van der Waals surface area contributed by atoms with Crippen molar-refractivity contribution in [2.75, 3.05) is 5.33 Å². The Bertz CT molecular complexity index is 345. The highest BCUT2D eigenvalue weighted by molar-refractivity contribution is 9.09. The van der Waals surface area contributed by atoms with E-state index < -0.39 is 11.6 Å². The predicted molar refractivity (Wildman–Crippen MR) is 58.5 cm³/mol. The molecule has 0 unspecified atom stereocenters. The van der Waals surface area contributed by atoms with Gasteiger partial charge in [0.1, 0.15) is 0 Å². The van der Waals surface area contributed by atoms with Gasteiger partial charge in [0.2, 0.25) is 0 Å². The number of hydrogen-bond acceptors (Lipinski definition) is 0. The van der Waals surface area contributed by atoms with Gasteiger partial charge in [-0.1, -0.05) is 40.2 Å². The van der Waals surface area contributed by atoms with Crippen LogP contribution in [0.5, 0.6) is 0 Å². The molecular formula is C11H11BrF2. The van der Waals surface area contributed by atoms with Crippen LogP contribution in [0.25, 0.3) is 6.08 Å². The Morgan fingerprint density at radius 3 is 2.64 bits per heavy atom. The largest absolute Gasteiger partial charge is 0.203 e. The minimum atomic E-state index is -0.768. The molecule has 0 aliphatic rings. The molecular weight excluding hydrogens is 250 g/mol. The van der Waals surface area contributed by atoms with Crippen molar-refractivity contribution in [2.45, 2.75) is 13.3 Å². The minimum absolute atomic E-state index is 0.300. The van der Waals surface area contributed by atoms with Crippen LogP contribution in [0.1, 0.15) is 17.5 Å². The first kappa shape index (κ1) is 11.4. The van der Waals surface area contributed by atoms with E-state index in [9.17, 15) is 8.78 Å². The number of aryl methyl sites for hydroxylation is 1. The van der Waals surface area contributed by atoms with Crippen molar-refractivity contribution < 1.29 is 8.78 Å². The second kappa shape index (κ2) is 5.25. The van der Waals surface area contributed by atoms with Crippen molar-refractivity contribution in [3.8, 4) is 0 Å². The second-order valence-electron chi connectivity index (χ2n) is 2.98. The molecule has 0 amide bonds. The number of halogens is 3. The lowest BCUT2D eigenvalue weighted by molar-refractivity contribution is 0.501. The quantitative estimate of drug-likeness (QED) is 0.719. The van der Waals surface area contributed by atoms with E-state index in [0.717, 1.165) is 11.8 Å². The van der Waals surface area contributed by atoms with Gasteiger partial charge in [-0.25, -0.2) is 8.78 Å². The highest BCUT2D eigenvalue weighted by atomic mass is 79.9. The van der Waals surface area contributed by atoms with Crippen molar-refractivity contribution in [3.05, 3.63) is 41.0 Å². The lowest BCUT2D eigenvalue weighted by Crippen LogP contribution is -1.91. The van der Waals surface area contributed by atoms with Crippen molar-refractivity contribution in [1.82, 2.24) is 0 Å². The summed E-state index contributed by atoms with van der Waals surface area (Å²) in [5.41, 5.74) is 0.634. The monoisotopic (exact) mass is 260 g/mol. The molecule has 1 aromatic rings. The van der Waals surface area contributed by atoms with Crippen LogP contribution in [-0.4, -0.2) is 5.33 Å². The molecule has 0 saturated heterocycles. The minimum Gasteiger partial charge on any atom is -0.203 e. The highest BCUT2D eigenvalue weighted by Gasteiger charge is 2.07. The molecule has 0 nitrogen and oxygen atoms in total. The predicted octanol–water partition coefficient (Wildman–Crippen LogP) is 4.07. The standard InChI is InChI=1S/C11H11BrF2/c1-8-5-6-9(4-2-3-7-12)11(14)10(8)13/h2,4-6H,3,7H2,1H3/b4-2+. The van der Waals surface area contributed by atoms with Gasteiger partial charge in [0, 0.05) is 10.9 Å². The van der Waals surface area contributed by atoms with Crippen LogP contribution in [0.3, 0.4) is 0 Å². The summed E-state index contributed by atoms with van der Waals surface area (Å²) in [6, 6.07) is 3.16. The average Bonchev–Trinajstić information content (AvgIpc) is 2.18. The third-order valence-corrected chi connectivity index (χ3v) is 2.34. The summed E-state index contributed by atoms with van der Waals surface area (Å²) in [5.74, 6) is -1.53. The van der Waals surface area contributed by atoms with Gasteiger partial charge in [0.05, 0.1) is 0 Å². The lowest BCUT2D eigenvalue weighted by atomic mass is 10.1. The zero-order chi connectivity index (χ0) is 10.6. The molecule has 76 valence electrons. The van der Waals surface area contributed by atoms with Crippen LogP contribution < -0.4 is 0 Å². The van der Waals surface area contributed by atoms with Gasteiger partial charge in [-0.15, -0.1) is 0 Å². The summed E-state index contributed by atoms with van der Waals surface area (Å²) in [7, 11) is 0. The summed E-state index contributed by atoms with van der Waals surface area (Å²) in [5, 5.41) is 0.819. The Hall–Kier alpha value is -0.700. The number of rotatable bonds is 3. The fourth-order valence-corrected chi connectivity index (χ4v) is 1.33. The first-order chi connectivity index (χ1) is 6.66. The fourth-order valence-electron chi connectivity index (χ4n) is 1.06. The molecule has 0 bridgehead atoms. The maximum atomic E-state index is 13.3. The van der Waals surface area contributed by atoms with E-state index in [1.807, 2.05) is 6.08 Å². The molecule has 0 radical (unpaired) electrons. The van der Waals surface area contributed by atoms with Crippen LogP contribution >= 0.6 is 15.9 Å². The smallest absolute Gasteiger partial charge is 0.166 e. The van der Waals surface area contributed by atoms with Crippen LogP contribution in [-0.2, 0) is 0 Å². The summed E-state index contributed by atoms with van der Waals surface area (Å²) in [6.45, 7) is 1.55. The van der Waals surface area contributed by atoms with Crippen LogP contribution in [0, 0.1) is 18.6 Å². The molecule has 1 aromatic carbocycles. The van der Waals surface area contributed by atoms with E-state index in [1.54, 1.807) is 25.1 Å². The molecule has 0 aliphatic heterocycles. The van der Waals surface area contributed by atoms with Gasteiger partial charge in [-0.05, 0) is 18.9 Å². The summed E-state index contributed by atoms with van der Waals surface area (Å²) < 4.78 is 26.3. The SMILES string of the molecule is Cc1ccc(/C=C/CCBr)c(F)c1F. The third kappa shape index (κ3) is 2.64. The molecule has 0 N–H and O–H groups in total. The highest BCUT2D eigenvalue weighted by Crippen LogP contribution is 2.16. The van der Waals surface area contributed by atoms with Crippen LogP contribution in [0.2, 0.25) is 0 Å². The van der Waals surface area contributed by atoms with E-state index in [1.165, 1.54) is 0 Å². The normalized spacial score (nSPS) is 11.1. The van der Waals surface area contributed by atoms with Crippen molar-refractivity contribution in [1.29, 1.82) is 0 Å². The van der Waals surface area contributed by atoms with E-state index >= 15 is 0 Å². The average molecular weight is 261 g/mol. The lowest BCUT2D eigenvalue weighted by Gasteiger charge is -2.01. The maximum absolute atomic E-state index is 13.3. The molecule has 0 heterocycles. The van der Waals surface area contributed by atoms with Crippen LogP contribution in [0.15, 0.2) is 18.2 Å². The second-order valence-corrected chi connectivity index (χ2v) is 3.77. The van der Waals surface area contributed by atoms with Gasteiger partial charge < -0.3 is 0 Å². The number of alkyl halides is 1. The Morgan fingerprint density at radius 2 is 2.00 bits per heavy atom. The van der Waals surface area contributed by atoms with Gasteiger partial charge >= 0.3 is 0 Å². The van der Waals surface area contributed by atoms with Gasteiger partial charge in [0.15, 0.2) is 11.6 Å². The number of allylic oxidation sites excluding steroid dienone is 1. The number of benzene rings is 1. The van der Waals surface area contributed by atoms with Gasteiger partial charge in [-0.2, -0.15) is 0 Å². The zero-order valence-electron chi connectivity index (χ0n) is 7.86. The van der Waals surface area contributed by atoms with E-state index in [4.69, 9.17) is 0 Å². The Morgan fingerprint density at radius 1 is 1.29 bits per heavy atom. The molecule has 0 aliphatic carbocycles. The topological polar surface area (TPSA) is 0 Å². The van der Waals surface area contributed by atoms with E-state index in [0.29, 0.717) is 11.1 Å². The van der Waals surface area contributed by atoms with E-state index in [-0.39, 0.29) is 0 Å². The molecule has 0 saturated carbocycles. The Kier molecular flexibility index (Phi) is 4.26. The summed E-state index contributed by atoms with van der Waals surface area (Å²) >= 11 is 3.25. The van der Waals surface area contributed by atoms with Crippen molar-refractivity contribution >= 4 is 22.0 Å². The number of hydrogen-bond donors (Lipinski definition) is 0. The molecule has 0 fully saturated rings. The summed E-state index contributed by atoms with van der Waals surface area (Å²) in [6.07, 6.45) is 4.20. The molecule has 0 aromatic heterocycles. The van der Waals surface area contributed by atoms with Gasteiger partial charge in [-0.3, -0.25) is 0 Å². The van der Waals surface area contributed by atoms with Crippen molar-refractivity contribution in [2.24, 2.45) is 0 Å². The zero-order valence-corrected chi connectivity index (χ0v) is 9.44. The molecule has 1 rings (SSSR count). The Labute approximate surface area is 90.8 Å². The third-order valence-electron chi connectivity index (χ3n) is 1.88. The molecule has 14 heavy (non-hydrogen) atoms. The molecule has 0 atom stereocenters. The first-order valence-corrected chi connectivity index (χ1v) is 5.46. The van der Waals surface area contributed by atoms with Crippen LogP contribution in [0.4, 0.5) is 8.78 Å². The summed E-state index contributed by atoms with van der Waals surface area (Å²) in [4.78, 5) is 0. The Balaban J connectivity index is 2.94. The van der Waals surface area contributed by atoms with E-state index in [2.05, 4.69) is 15.9 Å². The first-order valence-electron chi connectivity index (χ1n) is 4.34. The fraction of sp³-hybridized carbons (Fsp3) is 0.273. The molecule has 0 spiro atoms.